The molecule has 0 radical (unpaired) electrons. The quantitative estimate of drug-likeness (QED) is 0.919. The Hall–Kier alpha value is -2.17. The van der Waals surface area contributed by atoms with Crippen LogP contribution in [0.1, 0.15) is 32.0 Å². The van der Waals surface area contributed by atoms with E-state index in [4.69, 9.17) is 4.52 Å². The van der Waals surface area contributed by atoms with E-state index < -0.39 is 0 Å². The Balaban J connectivity index is 1.98. The molecule has 0 atom stereocenters. The number of carbonyl (C=O) groups is 1. The lowest BCUT2D eigenvalue weighted by atomic mass is 9.92. The van der Waals surface area contributed by atoms with Crippen molar-refractivity contribution in [2.45, 2.75) is 32.6 Å². The van der Waals surface area contributed by atoms with Gasteiger partial charge in [-0.1, -0.05) is 32.0 Å². The summed E-state index contributed by atoms with van der Waals surface area (Å²) < 4.78 is 5.10. The monoisotopic (exact) mass is 259 g/mol. The first-order valence-corrected chi connectivity index (χ1v) is 6.11. The molecule has 5 nitrogen and oxygen atoms in total. The molecule has 0 saturated heterocycles. The number of aromatic nitrogens is 2. The molecular weight excluding hydrogens is 242 g/mol. The van der Waals surface area contributed by atoms with E-state index in [1.54, 1.807) is 24.5 Å². The highest BCUT2D eigenvalue weighted by molar-refractivity contribution is 5.90. The molecule has 5 heteroatoms. The molecular formula is C14H17N3O2. The highest BCUT2D eigenvalue weighted by Gasteiger charge is 2.19. The van der Waals surface area contributed by atoms with Gasteiger partial charge in [-0.25, -0.2) is 0 Å². The van der Waals surface area contributed by atoms with Gasteiger partial charge in [-0.05, 0) is 11.6 Å². The number of pyridine rings is 1. The van der Waals surface area contributed by atoms with Crippen LogP contribution < -0.4 is 5.32 Å². The van der Waals surface area contributed by atoms with Crippen molar-refractivity contribution in [2.24, 2.45) is 0 Å². The zero-order valence-corrected chi connectivity index (χ0v) is 11.3. The Morgan fingerprint density at radius 2 is 2.21 bits per heavy atom. The number of hydrogen-bond acceptors (Lipinski definition) is 4. The molecule has 0 unspecified atom stereocenters. The summed E-state index contributed by atoms with van der Waals surface area (Å²) in [4.78, 5) is 15.8. The molecule has 2 rings (SSSR count). The molecule has 2 aromatic heterocycles. The molecule has 0 aliphatic carbocycles. The third kappa shape index (κ3) is 3.64. The summed E-state index contributed by atoms with van der Waals surface area (Å²) in [5.41, 5.74) is 1.57. The second kappa shape index (κ2) is 5.22. The van der Waals surface area contributed by atoms with E-state index >= 15 is 0 Å². The lowest BCUT2D eigenvalue weighted by molar-refractivity contribution is -0.115. The van der Waals surface area contributed by atoms with Crippen LogP contribution in [-0.2, 0) is 16.6 Å². The first-order chi connectivity index (χ1) is 8.95. The van der Waals surface area contributed by atoms with E-state index in [9.17, 15) is 4.79 Å². The number of carbonyl (C=O) groups excluding carboxylic acids is 1. The van der Waals surface area contributed by atoms with Gasteiger partial charge in [-0.15, -0.1) is 0 Å². The second-order valence-electron chi connectivity index (χ2n) is 5.41. The fourth-order valence-corrected chi connectivity index (χ4v) is 1.56. The number of nitrogens with zero attached hydrogens (tertiary/aromatic N) is 2. The zero-order valence-electron chi connectivity index (χ0n) is 11.3. The SMILES string of the molecule is CC(C)(C)c1cc(NC(=O)Cc2cccnc2)on1. The van der Waals surface area contributed by atoms with E-state index in [0.29, 0.717) is 5.88 Å². The minimum absolute atomic E-state index is 0.101. The molecule has 0 aliphatic rings. The number of amides is 1. The van der Waals surface area contributed by atoms with E-state index in [1.807, 2.05) is 26.8 Å². The van der Waals surface area contributed by atoms with Crippen molar-refractivity contribution in [3.8, 4) is 0 Å². The average Bonchev–Trinajstić information content (AvgIpc) is 2.78. The van der Waals surface area contributed by atoms with Gasteiger partial charge in [0.1, 0.15) is 0 Å². The predicted octanol–water partition coefficient (Wildman–Crippen LogP) is 2.55. The number of anilines is 1. The van der Waals surface area contributed by atoms with Crippen LogP contribution in [0.5, 0.6) is 0 Å². The largest absolute Gasteiger partial charge is 0.338 e. The van der Waals surface area contributed by atoms with Crippen LogP contribution in [0.3, 0.4) is 0 Å². The van der Waals surface area contributed by atoms with E-state index in [2.05, 4.69) is 15.5 Å². The fraction of sp³-hybridized carbons (Fsp3) is 0.357. The standard InChI is InChI=1S/C14H17N3O2/c1-14(2,3)11-8-13(19-17-11)16-12(18)7-10-5-4-6-15-9-10/h4-6,8-9H,7H2,1-3H3,(H,16,18). The topological polar surface area (TPSA) is 68.0 Å². The van der Waals surface area contributed by atoms with Crippen molar-refractivity contribution in [2.75, 3.05) is 5.32 Å². The number of rotatable bonds is 3. The lowest BCUT2D eigenvalue weighted by Crippen LogP contribution is -2.14. The summed E-state index contributed by atoms with van der Waals surface area (Å²) >= 11 is 0. The van der Waals surface area contributed by atoms with Crippen molar-refractivity contribution in [3.05, 3.63) is 41.9 Å². The number of nitrogens with one attached hydrogen (secondary N) is 1. The summed E-state index contributed by atoms with van der Waals surface area (Å²) in [6, 6.07) is 5.41. The smallest absolute Gasteiger partial charge is 0.231 e. The Bertz CT molecular complexity index is 556. The van der Waals surface area contributed by atoms with Crippen LogP contribution in [0.4, 0.5) is 5.88 Å². The molecule has 0 spiro atoms. The van der Waals surface area contributed by atoms with Crippen molar-refractivity contribution < 1.29 is 9.32 Å². The van der Waals surface area contributed by atoms with Gasteiger partial charge in [0.15, 0.2) is 0 Å². The summed E-state index contributed by atoms with van der Waals surface area (Å²) in [6.07, 6.45) is 3.60. The number of hydrogen-bond donors (Lipinski definition) is 1. The van der Waals surface area contributed by atoms with Gasteiger partial charge in [0, 0.05) is 23.9 Å². The normalized spacial score (nSPS) is 11.3. The average molecular weight is 259 g/mol. The molecule has 2 heterocycles. The van der Waals surface area contributed by atoms with E-state index in [-0.39, 0.29) is 17.7 Å². The molecule has 0 aliphatic heterocycles. The van der Waals surface area contributed by atoms with Crippen molar-refractivity contribution in [1.82, 2.24) is 10.1 Å². The Kier molecular flexibility index (Phi) is 3.64. The molecule has 1 N–H and O–H groups in total. The van der Waals surface area contributed by atoms with Crippen LogP contribution in [0.25, 0.3) is 0 Å². The maximum Gasteiger partial charge on any atom is 0.231 e. The first-order valence-electron chi connectivity index (χ1n) is 6.11. The molecule has 0 saturated carbocycles. The maximum absolute atomic E-state index is 11.8. The Labute approximate surface area is 112 Å². The second-order valence-corrected chi connectivity index (χ2v) is 5.41. The highest BCUT2D eigenvalue weighted by Crippen LogP contribution is 2.23. The molecule has 0 fully saturated rings. The summed E-state index contributed by atoms with van der Waals surface area (Å²) in [7, 11) is 0. The van der Waals surface area contributed by atoms with Gasteiger partial charge in [0.2, 0.25) is 11.8 Å². The van der Waals surface area contributed by atoms with Gasteiger partial charge in [-0.2, -0.15) is 0 Å². The van der Waals surface area contributed by atoms with Crippen LogP contribution in [0.2, 0.25) is 0 Å². The molecule has 2 aromatic rings. The van der Waals surface area contributed by atoms with Gasteiger partial charge < -0.3 is 4.52 Å². The lowest BCUT2D eigenvalue weighted by Gasteiger charge is -2.12. The van der Waals surface area contributed by atoms with Gasteiger partial charge in [-0.3, -0.25) is 15.1 Å². The van der Waals surface area contributed by atoms with Gasteiger partial charge in [0.25, 0.3) is 0 Å². The fourth-order valence-electron chi connectivity index (χ4n) is 1.56. The molecule has 0 bridgehead atoms. The van der Waals surface area contributed by atoms with Crippen molar-refractivity contribution in [1.29, 1.82) is 0 Å². The van der Waals surface area contributed by atoms with Crippen molar-refractivity contribution in [3.63, 3.8) is 0 Å². The molecule has 19 heavy (non-hydrogen) atoms. The summed E-state index contributed by atoms with van der Waals surface area (Å²) in [5, 5.41) is 6.63. The first kappa shape index (κ1) is 13.3. The van der Waals surface area contributed by atoms with E-state index in [1.165, 1.54) is 0 Å². The molecule has 100 valence electrons. The predicted molar refractivity (Wildman–Crippen MR) is 71.8 cm³/mol. The summed E-state index contributed by atoms with van der Waals surface area (Å²) in [6.45, 7) is 6.10. The van der Waals surface area contributed by atoms with Gasteiger partial charge in [0.05, 0.1) is 12.1 Å². The minimum Gasteiger partial charge on any atom is -0.338 e. The third-order valence-corrected chi connectivity index (χ3v) is 2.63. The maximum atomic E-state index is 11.8. The van der Waals surface area contributed by atoms with Crippen molar-refractivity contribution >= 4 is 11.8 Å². The molecule has 1 amide bonds. The van der Waals surface area contributed by atoms with Crippen LogP contribution in [0, 0.1) is 0 Å². The van der Waals surface area contributed by atoms with Crippen LogP contribution in [0.15, 0.2) is 35.1 Å². The highest BCUT2D eigenvalue weighted by atomic mass is 16.5. The minimum atomic E-state index is -0.149. The van der Waals surface area contributed by atoms with Crippen LogP contribution >= 0.6 is 0 Å². The van der Waals surface area contributed by atoms with E-state index in [0.717, 1.165) is 11.3 Å². The zero-order chi connectivity index (χ0) is 13.9. The van der Waals surface area contributed by atoms with Crippen LogP contribution in [-0.4, -0.2) is 16.0 Å². The third-order valence-electron chi connectivity index (χ3n) is 2.63. The molecule has 0 aromatic carbocycles. The Morgan fingerprint density at radius 3 is 2.79 bits per heavy atom. The van der Waals surface area contributed by atoms with Gasteiger partial charge >= 0.3 is 0 Å². The summed E-state index contributed by atoms with van der Waals surface area (Å²) in [5.74, 6) is 0.225. The Morgan fingerprint density at radius 1 is 1.42 bits per heavy atom.